The van der Waals surface area contributed by atoms with Crippen LogP contribution in [-0.4, -0.2) is 74.8 Å². The van der Waals surface area contributed by atoms with Gasteiger partial charge in [0.25, 0.3) is 0 Å². The Morgan fingerprint density at radius 1 is 0.286 bits per heavy atom. The fourth-order valence-electron chi connectivity index (χ4n) is 12.4. The molecule has 0 spiro atoms. The molecule has 0 saturated heterocycles. The van der Waals surface area contributed by atoms with E-state index in [1.807, 2.05) is 293 Å². The molecule has 0 amide bonds. The summed E-state index contributed by atoms with van der Waals surface area (Å²) < 4.78 is 59.1. The summed E-state index contributed by atoms with van der Waals surface area (Å²) >= 11 is 0. The molecule has 12 aromatic rings. The Morgan fingerprint density at radius 3 is 1.00 bits per heavy atom. The van der Waals surface area contributed by atoms with Gasteiger partial charge in [0, 0.05) is 194 Å². The summed E-state index contributed by atoms with van der Waals surface area (Å²) in [6.07, 6.45) is 24.3. The summed E-state index contributed by atoms with van der Waals surface area (Å²) in [5, 5.41) is 0. The van der Waals surface area contributed by atoms with E-state index in [0.717, 1.165) is 162 Å². The normalized spacial score (nSPS) is 10.5. The van der Waals surface area contributed by atoms with Crippen LogP contribution in [-0.2, 0) is 105 Å². The van der Waals surface area contributed by atoms with Crippen LogP contribution < -0.4 is 47.4 Å². The van der Waals surface area contributed by atoms with Gasteiger partial charge < -0.3 is 72.3 Å². The average molecular weight is 2610 g/mol. The Labute approximate surface area is 824 Å². The van der Waals surface area contributed by atoms with Crippen LogP contribution in [0.15, 0.2) is 213 Å². The zero-order chi connectivity index (χ0) is 86.9. The minimum Gasteiger partial charge on any atom is -0.537 e. The first kappa shape index (κ1) is 112. The molecule has 0 N–H and O–H groups in total. The topological polar surface area (TPSA) is 157 Å². The first-order valence-electron chi connectivity index (χ1n) is 42.9. The van der Waals surface area contributed by atoms with Crippen LogP contribution in [0.1, 0.15) is 202 Å². The summed E-state index contributed by atoms with van der Waals surface area (Å²) in [5.41, 5.74) is 13.8. The number of unbranched alkanes of at least 4 members (excludes halogenated alkanes) is 10. The molecule has 0 aliphatic heterocycles. The third kappa shape index (κ3) is 41.0. The van der Waals surface area contributed by atoms with Crippen molar-refractivity contribution >= 4 is 0 Å². The molecule has 0 atom stereocenters. The van der Waals surface area contributed by atoms with E-state index in [1.54, 1.807) is 24.8 Å². The summed E-state index contributed by atoms with van der Waals surface area (Å²) in [4.78, 5) is 22.3. The first-order chi connectivity index (χ1) is 58.2. The Balaban J connectivity index is 0.000000406. The SMILES string of the molecule is CCCCCCCCOc1c[c-]c(-c2cc(C)ccn2)c(OCCCCCCCC)c1.CCOc1c[c-]c(-c2cc(C)ccn2)c(OCC)c1.Cc1ccnc(-c2[c-]cc(OC(C)(C)C)cc2OC(C)(C)C)c1.Cc1ccnc(-c2[c-]cc(OC(C)C)cc2OC(C)C)c1.Cc1ccnc(-c2[c-]cc(Oc3ccccc3)cc2Oc2ccccc2)c1.[Pt].[Pt].[Pt].[Pt].[Pt]. The Morgan fingerprint density at radius 2 is 0.603 bits per heavy atom. The van der Waals surface area contributed by atoms with Gasteiger partial charge in [-0.25, -0.2) is 0 Å². The molecule has 5 heterocycles. The van der Waals surface area contributed by atoms with Gasteiger partial charge in [0.1, 0.15) is 11.5 Å². The van der Waals surface area contributed by atoms with E-state index in [9.17, 15) is 0 Å². The Bertz CT molecular complexity index is 5070. The maximum Gasteiger partial charge on any atom is 0.114 e. The standard InChI is InChI=1S/C28H42NO2.C24H18NO2.C20H26NO2.C18H22NO2.C16H18NO2.5Pt/c1-4-6-8-10-12-14-20-30-25-16-17-26(27-22-24(3)18-19-29-27)28(23-25)31-21-15-13-11-9-7-5-2;1-18-14-15-25-23(16-18)22-13-12-21(26-19-8-4-2-5-9-19)17-24(22)27-20-10-6-3-7-11-20;1-14-10-11-21-17(12-14)16-9-8-15(22-19(2,3)4)13-18(16)23-20(5,6)7;1-12(2)20-15-6-7-16(18(11-15)21-13(3)4)17-10-14(5)8-9-19-17;1-4-18-13-6-7-14(16(11-13)19-5-2)15-10-12(3)8-9-17-15;;;;;/h16,18-19,22-23H,4-15,20-21H2,1-3H3;2-12,14-17H,1H3;8,10-13H,1-7H3;6,8-13H,1-5H3;6,8-11H,4-5H2,1-3H3;;;;;/q5*-1;;;;;. The molecule has 0 saturated carbocycles. The smallest absolute Gasteiger partial charge is 0.114 e. The van der Waals surface area contributed by atoms with Crippen molar-refractivity contribution in [3.8, 4) is 125 Å². The van der Waals surface area contributed by atoms with Crippen LogP contribution in [0.25, 0.3) is 56.3 Å². The van der Waals surface area contributed by atoms with Gasteiger partial charge in [-0.15, -0.1) is 60.7 Å². The van der Waals surface area contributed by atoms with E-state index in [-0.39, 0.29) is 129 Å². The van der Waals surface area contributed by atoms with Crippen molar-refractivity contribution in [2.45, 2.75) is 232 Å². The molecule has 0 unspecified atom stereocenters. The van der Waals surface area contributed by atoms with E-state index >= 15 is 0 Å². The number of aromatic nitrogens is 5. The predicted octanol–water partition coefficient (Wildman–Crippen LogP) is 28.1. The molecule has 690 valence electrons. The maximum absolute atomic E-state index is 6.20. The molecule has 5 aromatic heterocycles. The molecule has 20 heteroatoms. The van der Waals surface area contributed by atoms with Crippen molar-refractivity contribution in [2.24, 2.45) is 0 Å². The summed E-state index contributed by atoms with van der Waals surface area (Å²) in [7, 11) is 0. The molecule has 12 rings (SSSR count). The monoisotopic (exact) mass is 2600 g/mol. The first-order valence-corrected chi connectivity index (χ1v) is 42.9. The molecular formula is C106H126N5O10Pt5-5. The number of nitrogens with zero attached hydrogens (tertiary/aromatic N) is 5. The van der Waals surface area contributed by atoms with Gasteiger partial charge in [-0.1, -0.05) is 231 Å². The third-order valence-electron chi connectivity index (χ3n) is 17.9. The number of para-hydroxylation sites is 2. The van der Waals surface area contributed by atoms with E-state index in [2.05, 4.69) is 82.1 Å². The summed E-state index contributed by atoms with van der Waals surface area (Å²) in [5.74, 6) is 8.98. The third-order valence-corrected chi connectivity index (χ3v) is 17.9. The van der Waals surface area contributed by atoms with Crippen molar-refractivity contribution in [2.75, 3.05) is 26.4 Å². The van der Waals surface area contributed by atoms with E-state index in [1.165, 1.54) is 69.8 Å². The molecule has 0 aliphatic rings. The largest absolute Gasteiger partial charge is 0.537 e. The quantitative estimate of drug-likeness (QED) is 0.0273. The summed E-state index contributed by atoms with van der Waals surface area (Å²) in [6.45, 7) is 41.5. The van der Waals surface area contributed by atoms with E-state index < -0.39 is 0 Å². The predicted molar refractivity (Wildman–Crippen MR) is 492 cm³/mol. The van der Waals surface area contributed by atoms with Crippen LogP contribution in [0.2, 0.25) is 0 Å². The van der Waals surface area contributed by atoms with Crippen LogP contribution in [0.4, 0.5) is 0 Å². The Hall–Kier alpha value is -8.27. The van der Waals surface area contributed by atoms with Crippen molar-refractivity contribution in [3.63, 3.8) is 0 Å². The van der Waals surface area contributed by atoms with Gasteiger partial charge in [0.2, 0.25) is 0 Å². The molecule has 0 radical (unpaired) electrons. The van der Waals surface area contributed by atoms with Gasteiger partial charge in [-0.05, 0) is 214 Å². The van der Waals surface area contributed by atoms with E-state index in [4.69, 9.17) is 47.4 Å². The average Bonchev–Trinajstić information content (AvgIpc) is 0.827. The Kier molecular flexibility index (Phi) is 53.1. The van der Waals surface area contributed by atoms with Crippen molar-refractivity contribution < 1.29 is 153 Å². The molecule has 0 aliphatic carbocycles. The number of benzene rings is 7. The van der Waals surface area contributed by atoms with E-state index in [0.29, 0.717) is 24.7 Å². The van der Waals surface area contributed by atoms with Gasteiger partial charge in [-0.3, -0.25) is 0 Å². The fraction of sp³-hybridized carbons (Fsp3) is 0.368. The van der Waals surface area contributed by atoms with Gasteiger partial charge >= 0.3 is 0 Å². The molecule has 15 nitrogen and oxygen atoms in total. The van der Waals surface area contributed by atoms with Crippen LogP contribution in [0, 0.1) is 65.0 Å². The molecule has 0 fully saturated rings. The molecule has 0 bridgehead atoms. The molecule has 126 heavy (non-hydrogen) atoms. The number of hydrogen-bond donors (Lipinski definition) is 0. The van der Waals surface area contributed by atoms with Gasteiger partial charge in [0.15, 0.2) is 0 Å². The second-order valence-corrected chi connectivity index (χ2v) is 32.2. The van der Waals surface area contributed by atoms with Crippen molar-refractivity contribution in [1.29, 1.82) is 0 Å². The fourth-order valence-corrected chi connectivity index (χ4v) is 12.4. The minimum absolute atomic E-state index is 0. The van der Waals surface area contributed by atoms with Crippen molar-refractivity contribution in [3.05, 3.63) is 271 Å². The number of hydrogen-bond acceptors (Lipinski definition) is 15. The zero-order valence-corrected chi connectivity index (χ0v) is 87.9. The number of aryl methyl sites for hydroxylation is 5. The maximum atomic E-state index is 6.20. The van der Waals surface area contributed by atoms with Gasteiger partial charge in [0.05, 0.1) is 49.8 Å². The van der Waals surface area contributed by atoms with Gasteiger partial charge in [-0.2, -0.15) is 0 Å². The second kappa shape index (κ2) is 59.8. The van der Waals surface area contributed by atoms with Crippen molar-refractivity contribution in [1.82, 2.24) is 24.9 Å². The minimum atomic E-state index is -0.313. The van der Waals surface area contributed by atoms with Crippen LogP contribution >= 0.6 is 0 Å². The number of pyridine rings is 5. The molecule has 7 aromatic carbocycles. The number of ether oxygens (including phenoxy) is 10. The molecular weight excluding hydrogens is 2480 g/mol. The van der Waals surface area contributed by atoms with Crippen LogP contribution in [0.5, 0.6) is 69.0 Å². The number of rotatable bonds is 35. The van der Waals surface area contributed by atoms with Crippen LogP contribution in [0.3, 0.4) is 0 Å². The second-order valence-electron chi connectivity index (χ2n) is 32.2. The zero-order valence-electron chi connectivity index (χ0n) is 76.6. The summed E-state index contributed by atoms with van der Waals surface area (Å²) in [6, 6.07) is 74.6.